The third kappa shape index (κ3) is 3.07. The Balaban J connectivity index is 1.79. The summed E-state index contributed by atoms with van der Waals surface area (Å²) in [5.74, 6) is 2.00. The monoisotopic (exact) mass is 226 g/mol. The highest BCUT2D eigenvalue weighted by molar-refractivity contribution is 8.00. The first kappa shape index (κ1) is 11.2. The molecule has 0 radical (unpaired) electrons. The Morgan fingerprint density at radius 1 is 1.33 bits per heavy atom. The Hall–Kier alpha value is -0.310. The lowest BCUT2D eigenvalue weighted by atomic mass is 9.97. The Morgan fingerprint density at radius 2 is 2.07 bits per heavy atom. The number of hydrogen-bond acceptors (Lipinski definition) is 3. The van der Waals surface area contributed by atoms with Crippen LogP contribution in [0.5, 0.6) is 0 Å². The van der Waals surface area contributed by atoms with E-state index < -0.39 is 0 Å². The van der Waals surface area contributed by atoms with Crippen LogP contribution in [-0.2, 0) is 9.59 Å². The molecule has 3 heteroatoms. The Morgan fingerprint density at radius 3 is 2.73 bits per heavy atom. The fraction of sp³-hybridized carbons (Fsp3) is 0.833. The molecule has 1 aliphatic heterocycles. The quantitative estimate of drug-likeness (QED) is 0.742. The molecule has 2 nitrogen and oxygen atoms in total. The first-order chi connectivity index (χ1) is 7.25. The Kier molecular flexibility index (Phi) is 3.84. The van der Waals surface area contributed by atoms with Crippen LogP contribution in [0.2, 0.25) is 0 Å². The number of carbonyl (C=O) groups is 2. The van der Waals surface area contributed by atoms with Gasteiger partial charge in [0, 0.05) is 36.2 Å². The van der Waals surface area contributed by atoms with Crippen molar-refractivity contribution in [3.05, 3.63) is 0 Å². The highest BCUT2D eigenvalue weighted by Crippen LogP contribution is 2.31. The van der Waals surface area contributed by atoms with Gasteiger partial charge in [-0.15, -0.1) is 0 Å². The molecule has 1 heterocycles. The Bertz CT molecular complexity index is 256. The summed E-state index contributed by atoms with van der Waals surface area (Å²) in [6.07, 6.45) is 6.58. The number of rotatable bonds is 3. The second-order valence-corrected chi connectivity index (χ2v) is 6.05. The van der Waals surface area contributed by atoms with E-state index in [1.165, 1.54) is 12.8 Å². The standard InChI is InChI=1S/C12H18O2S/c13-10-5-6-15-11(7-10)8-12(14)9-3-1-2-4-9/h9,11H,1-8H2. The lowest BCUT2D eigenvalue weighted by Gasteiger charge is -2.20. The predicted octanol–water partition coefficient (Wildman–Crippen LogP) is 2.60. The third-order valence-electron chi connectivity index (χ3n) is 3.43. The molecule has 1 saturated carbocycles. The van der Waals surface area contributed by atoms with Crippen LogP contribution >= 0.6 is 11.8 Å². The van der Waals surface area contributed by atoms with E-state index in [1.807, 2.05) is 11.8 Å². The fourth-order valence-corrected chi connectivity index (χ4v) is 3.79. The molecule has 2 fully saturated rings. The Labute approximate surface area is 95.2 Å². The van der Waals surface area contributed by atoms with Gasteiger partial charge in [0.15, 0.2) is 0 Å². The maximum atomic E-state index is 11.9. The van der Waals surface area contributed by atoms with E-state index >= 15 is 0 Å². The lowest BCUT2D eigenvalue weighted by molar-refractivity contribution is -0.123. The molecule has 0 aromatic carbocycles. The van der Waals surface area contributed by atoms with Crippen molar-refractivity contribution in [1.82, 2.24) is 0 Å². The second kappa shape index (κ2) is 5.15. The van der Waals surface area contributed by atoms with Crippen LogP contribution in [0, 0.1) is 5.92 Å². The third-order valence-corrected chi connectivity index (χ3v) is 4.67. The smallest absolute Gasteiger partial charge is 0.137 e. The van der Waals surface area contributed by atoms with Crippen LogP contribution in [0.15, 0.2) is 0 Å². The van der Waals surface area contributed by atoms with E-state index in [0.29, 0.717) is 42.0 Å². The van der Waals surface area contributed by atoms with Gasteiger partial charge in [0.05, 0.1) is 0 Å². The van der Waals surface area contributed by atoms with Gasteiger partial charge in [-0.05, 0) is 12.8 Å². The van der Waals surface area contributed by atoms with Crippen molar-refractivity contribution < 1.29 is 9.59 Å². The predicted molar refractivity (Wildman–Crippen MR) is 62.1 cm³/mol. The van der Waals surface area contributed by atoms with Crippen molar-refractivity contribution in [1.29, 1.82) is 0 Å². The van der Waals surface area contributed by atoms with Gasteiger partial charge in [0.2, 0.25) is 0 Å². The maximum Gasteiger partial charge on any atom is 0.137 e. The average molecular weight is 226 g/mol. The summed E-state index contributed by atoms with van der Waals surface area (Å²) >= 11 is 1.81. The topological polar surface area (TPSA) is 34.1 Å². The van der Waals surface area contributed by atoms with E-state index in [2.05, 4.69) is 0 Å². The minimum absolute atomic E-state index is 0.291. The van der Waals surface area contributed by atoms with Crippen molar-refractivity contribution in [3.8, 4) is 0 Å². The number of carbonyl (C=O) groups excluding carboxylic acids is 2. The van der Waals surface area contributed by atoms with Gasteiger partial charge in [0.25, 0.3) is 0 Å². The average Bonchev–Trinajstić information content (AvgIpc) is 2.70. The van der Waals surface area contributed by atoms with Crippen molar-refractivity contribution in [2.45, 2.75) is 50.2 Å². The first-order valence-corrected chi connectivity index (χ1v) is 6.96. The van der Waals surface area contributed by atoms with E-state index in [0.717, 1.165) is 18.6 Å². The van der Waals surface area contributed by atoms with Gasteiger partial charge in [-0.3, -0.25) is 9.59 Å². The summed E-state index contributed by atoms with van der Waals surface area (Å²) in [5, 5.41) is 0.291. The van der Waals surface area contributed by atoms with Gasteiger partial charge in [-0.25, -0.2) is 0 Å². The molecule has 1 saturated heterocycles. The van der Waals surface area contributed by atoms with E-state index in [1.54, 1.807) is 0 Å². The first-order valence-electron chi connectivity index (χ1n) is 5.91. The summed E-state index contributed by atoms with van der Waals surface area (Å²) < 4.78 is 0. The number of Topliss-reactive ketones (excluding diaryl/α,β-unsaturated/α-hetero) is 2. The summed E-state index contributed by atoms with van der Waals surface area (Å²) in [6.45, 7) is 0. The van der Waals surface area contributed by atoms with Crippen molar-refractivity contribution in [2.24, 2.45) is 5.92 Å². The minimum Gasteiger partial charge on any atom is -0.300 e. The molecule has 1 aliphatic carbocycles. The largest absolute Gasteiger partial charge is 0.300 e. The highest BCUT2D eigenvalue weighted by atomic mass is 32.2. The molecule has 1 atom stereocenters. The van der Waals surface area contributed by atoms with Crippen molar-refractivity contribution >= 4 is 23.3 Å². The van der Waals surface area contributed by atoms with Gasteiger partial charge in [-0.2, -0.15) is 11.8 Å². The molecular formula is C12H18O2S. The van der Waals surface area contributed by atoms with Crippen LogP contribution in [-0.4, -0.2) is 22.6 Å². The van der Waals surface area contributed by atoms with E-state index in [9.17, 15) is 9.59 Å². The second-order valence-electron chi connectivity index (χ2n) is 4.64. The summed E-state index contributed by atoms with van der Waals surface area (Å²) in [7, 11) is 0. The molecule has 0 spiro atoms. The van der Waals surface area contributed by atoms with Crippen molar-refractivity contribution in [3.63, 3.8) is 0 Å². The zero-order valence-corrected chi connectivity index (χ0v) is 9.85. The number of hydrogen-bond donors (Lipinski definition) is 0. The highest BCUT2D eigenvalue weighted by Gasteiger charge is 2.27. The van der Waals surface area contributed by atoms with E-state index in [4.69, 9.17) is 0 Å². The summed E-state index contributed by atoms with van der Waals surface area (Å²) in [4.78, 5) is 23.1. The lowest BCUT2D eigenvalue weighted by Crippen LogP contribution is -2.23. The molecule has 0 bridgehead atoms. The van der Waals surface area contributed by atoms with Crippen LogP contribution in [0.4, 0.5) is 0 Å². The molecule has 0 amide bonds. The molecule has 84 valence electrons. The SMILES string of the molecule is O=C1CCSC(CC(=O)C2CCCC2)C1. The molecular weight excluding hydrogens is 208 g/mol. The van der Waals surface area contributed by atoms with Crippen LogP contribution < -0.4 is 0 Å². The van der Waals surface area contributed by atoms with Gasteiger partial charge in [-0.1, -0.05) is 12.8 Å². The van der Waals surface area contributed by atoms with E-state index in [-0.39, 0.29) is 0 Å². The molecule has 2 aliphatic rings. The molecule has 15 heavy (non-hydrogen) atoms. The van der Waals surface area contributed by atoms with Crippen molar-refractivity contribution in [2.75, 3.05) is 5.75 Å². The maximum absolute atomic E-state index is 11.9. The van der Waals surface area contributed by atoms with Crippen LogP contribution in [0.1, 0.15) is 44.9 Å². The molecule has 0 aromatic heterocycles. The summed E-state index contributed by atoms with van der Waals surface area (Å²) in [5.41, 5.74) is 0. The zero-order chi connectivity index (χ0) is 10.7. The number of ketones is 2. The molecule has 0 aromatic rings. The van der Waals surface area contributed by atoms with Crippen LogP contribution in [0.25, 0.3) is 0 Å². The molecule has 0 N–H and O–H groups in total. The molecule has 1 unspecified atom stereocenters. The number of thioether (sulfide) groups is 1. The van der Waals surface area contributed by atoms with Gasteiger partial charge < -0.3 is 0 Å². The van der Waals surface area contributed by atoms with Crippen LogP contribution in [0.3, 0.4) is 0 Å². The minimum atomic E-state index is 0.291. The fourth-order valence-electron chi connectivity index (χ4n) is 2.52. The normalized spacial score (nSPS) is 28.3. The molecule has 2 rings (SSSR count). The zero-order valence-electron chi connectivity index (χ0n) is 9.04. The summed E-state index contributed by atoms with van der Waals surface area (Å²) in [6, 6.07) is 0. The van der Waals surface area contributed by atoms with Gasteiger partial charge >= 0.3 is 0 Å². The van der Waals surface area contributed by atoms with Gasteiger partial charge in [0.1, 0.15) is 11.6 Å².